The monoisotopic (exact) mass is 584 g/mol. The van der Waals surface area contributed by atoms with Gasteiger partial charge >= 0.3 is 5.91 Å². The lowest BCUT2D eigenvalue weighted by Crippen LogP contribution is -2.58. The minimum atomic E-state index is -3.89. The highest BCUT2D eigenvalue weighted by atomic mass is 32.2. The number of oxazole rings is 1. The summed E-state index contributed by atoms with van der Waals surface area (Å²) in [7, 11) is -3.89. The standard InChI is InChI=1S/C26H28N6O6S2/c1-2-17-3-4-18-12-24(39-22(18)11-17)40(35,36)31-5-6-32(19(16-31)13-23(33)30-7-9-37-10-8-30)26(34)25-29-20-14-27-28-15-21(20)38-25/h1,3-4,11-12,19,27-28H,5-10,13-16H2. The number of morpholine rings is 1. The third-order valence-corrected chi connectivity index (χ3v) is 10.7. The zero-order valence-electron chi connectivity index (χ0n) is 21.6. The number of benzene rings is 1. The van der Waals surface area contributed by atoms with E-state index in [1.165, 1.54) is 9.21 Å². The van der Waals surface area contributed by atoms with E-state index in [-0.39, 0.29) is 42.1 Å². The molecule has 40 heavy (non-hydrogen) atoms. The van der Waals surface area contributed by atoms with Crippen molar-refractivity contribution in [1.29, 1.82) is 0 Å². The molecule has 2 N–H and O–H groups in total. The lowest BCUT2D eigenvalue weighted by Gasteiger charge is -2.40. The Balaban J connectivity index is 1.27. The Bertz CT molecular complexity index is 1580. The number of fused-ring (bicyclic) bond motifs is 2. The van der Waals surface area contributed by atoms with Crippen LogP contribution in [-0.2, 0) is 32.6 Å². The van der Waals surface area contributed by atoms with Crippen molar-refractivity contribution in [3.8, 4) is 12.3 Å². The normalized spacial score (nSPS) is 20.3. The molecule has 0 bridgehead atoms. The van der Waals surface area contributed by atoms with Crippen molar-refractivity contribution >= 4 is 43.3 Å². The second kappa shape index (κ2) is 10.9. The predicted molar refractivity (Wildman–Crippen MR) is 146 cm³/mol. The van der Waals surface area contributed by atoms with Crippen LogP contribution in [0.3, 0.4) is 0 Å². The van der Waals surface area contributed by atoms with Crippen molar-refractivity contribution in [3.05, 3.63) is 47.2 Å². The first-order chi connectivity index (χ1) is 19.3. The van der Waals surface area contributed by atoms with E-state index in [0.29, 0.717) is 56.4 Å². The lowest BCUT2D eigenvalue weighted by atomic mass is 10.1. The smallest absolute Gasteiger partial charge is 0.310 e. The van der Waals surface area contributed by atoms with Gasteiger partial charge in [-0.15, -0.1) is 17.8 Å². The maximum absolute atomic E-state index is 13.8. The molecule has 1 unspecified atom stereocenters. The topological polar surface area (TPSA) is 137 Å². The van der Waals surface area contributed by atoms with Crippen LogP contribution in [-0.4, -0.2) is 91.3 Å². The van der Waals surface area contributed by atoms with E-state index in [9.17, 15) is 18.0 Å². The summed E-state index contributed by atoms with van der Waals surface area (Å²) in [6, 6.07) is 6.31. The second-order valence-electron chi connectivity index (χ2n) is 9.77. The number of hydrazine groups is 1. The molecule has 3 aliphatic rings. The molecule has 6 rings (SSSR count). The van der Waals surface area contributed by atoms with Crippen molar-refractivity contribution in [1.82, 2.24) is 29.9 Å². The molecule has 5 heterocycles. The molecule has 3 aliphatic heterocycles. The summed E-state index contributed by atoms with van der Waals surface area (Å²) in [5.41, 5.74) is 7.22. The third kappa shape index (κ3) is 5.12. The lowest BCUT2D eigenvalue weighted by molar-refractivity contribution is -0.136. The van der Waals surface area contributed by atoms with Crippen LogP contribution < -0.4 is 10.9 Å². The molecule has 0 spiro atoms. The molecular formula is C26H28N6O6S2. The van der Waals surface area contributed by atoms with Gasteiger partial charge in [0.15, 0.2) is 0 Å². The van der Waals surface area contributed by atoms with E-state index < -0.39 is 22.0 Å². The van der Waals surface area contributed by atoms with Gasteiger partial charge in [0.2, 0.25) is 5.91 Å². The van der Waals surface area contributed by atoms with Gasteiger partial charge in [0.25, 0.3) is 15.9 Å². The van der Waals surface area contributed by atoms with Crippen LogP contribution >= 0.6 is 11.3 Å². The zero-order chi connectivity index (χ0) is 27.9. The Labute approximate surface area is 235 Å². The SMILES string of the molecule is C#Cc1ccc2cc(S(=O)(=O)N3CCN(C(=O)c4nc5c(o4)CNNC5)C(CC(=O)N4CCOCC4)C3)sc2c1. The van der Waals surface area contributed by atoms with Crippen molar-refractivity contribution in [3.63, 3.8) is 0 Å². The van der Waals surface area contributed by atoms with Crippen LogP contribution in [0.25, 0.3) is 10.1 Å². The van der Waals surface area contributed by atoms with Crippen LogP contribution in [0.4, 0.5) is 0 Å². The maximum atomic E-state index is 13.8. The molecule has 3 aromatic rings. The second-order valence-corrected chi connectivity index (χ2v) is 13.0. The number of hydrogen-bond donors (Lipinski definition) is 2. The van der Waals surface area contributed by atoms with Gasteiger partial charge in [0.05, 0.1) is 38.0 Å². The van der Waals surface area contributed by atoms with Gasteiger partial charge in [0, 0.05) is 49.4 Å². The van der Waals surface area contributed by atoms with Gasteiger partial charge in [-0.3, -0.25) is 15.0 Å². The molecule has 2 amide bonds. The summed E-state index contributed by atoms with van der Waals surface area (Å²) in [6.45, 7) is 2.72. The van der Waals surface area contributed by atoms with Crippen LogP contribution in [0.2, 0.25) is 0 Å². The van der Waals surface area contributed by atoms with Crippen LogP contribution in [0.1, 0.15) is 34.1 Å². The van der Waals surface area contributed by atoms with Crippen LogP contribution in [0.5, 0.6) is 0 Å². The number of carbonyl (C=O) groups is 2. The van der Waals surface area contributed by atoms with Crippen molar-refractivity contribution in [2.45, 2.75) is 29.8 Å². The Morgan fingerprint density at radius 3 is 2.70 bits per heavy atom. The Hall–Kier alpha value is -3.32. The van der Waals surface area contributed by atoms with Gasteiger partial charge in [-0.1, -0.05) is 12.0 Å². The minimum Gasteiger partial charge on any atom is -0.436 e. The highest BCUT2D eigenvalue weighted by molar-refractivity contribution is 7.91. The quantitative estimate of drug-likeness (QED) is 0.416. The molecule has 12 nitrogen and oxygen atoms in total. The third-order valence-electron chi connectivity index (χ3n) is 7.33. The summed E-state index contributed by atoms with van der Waals surface area (Å²) < 4.78 is 40.9. The van der Waals surface area contributed by atoms with E-state index in [2.05, 4.69) is 21.8 Å². The number of nitrogens with zero attached hydrogens (tertiary/aromatic N) is 4. The number of aromatic nitrogens is 1. The fourth-order valence-corrected chi connectivity index (χ4v) is 8.21. The summed E-state index contributed by atoms with van der Waals surface area (Å²) in [5.74, 6) is 2.46. The molecule has 210 valence electrons. The van der Waals surface area contributed by atoms with E-state index in [0.717, 1.165) is 21.4 Å². The Morgan fingerprint density at radius 2 is 1.93 bits per heavy atom. The number of hydrogen-bond acceptors (Lipinski definition) is 10. The number of rotatable bonds is 5. The minimum absolute atomic E-state index is 0.0285. The molecule has 2 aromatic heterocycles. The molecule has 0 saturated carbocycles. The van der Waals surface area contributed by atoms with Crippen LogP contribution in [0, 0.1) is 12.3 Å². The molecule has 2 fully saturated rings. The summed E-state index contributed by atoms with van der Waals surface area (Å²) >= 11 is 1.15. The molecule has 1 aromatic carbocycles. The highest BCUT2D eigenvalue weighted by Gasteiger charge is 2.40. The molecule has 1 atom stereocenters. The average molecular weight is 585 g/mol. The first kappa shape index (κ1) is 26.9. The molecule has 0 aliphatic carbocycles. The van der Waals surface area contributed by atoms with E-state index in [4.69, 9.17) is 15.6 Å². The number of nitrogens with one attached hydrogen (secondary N) is 2. The zero-order valence-corrected chi connectivity index (χ0v) is 23.2. The average Bonchev–Trinajstić information content (AvgIpc) is 3.62. The van der Waals surface area contributed by atoms with E-state index in [1.54, 1.807) is 29.2 Å². The summed E-state index contributed by atoms with van der Waals surface area (Å²) in [6.07, 6.45) is 5.48. The first-order valence-corrected chi connectivity index (χ1v) is 15.2. The van der Waals surface area contributed by atoms with Crippen LogP contribution in [0.15, 0.2) is 32.9 Å². The number of sulfonamides is 1. The summed E-state index contributed by atoms with van der Waals surface area (Å²) in [4.78, 5) is 34.4. The number of carbonyl (C=O) groups excluding carboxylic acids is 2. The number of thiophene rings is 1. The Morgan fingerprint density at radius 1 is 1.12 bits per heavy atom. The fraction of sp³-hybridized carbons (Fsp3) is 0.423. The first-order valence-electron chi connectivity index (χ1n) is 12.9. The molecule has 2 saturated heterocycles. The number of ether oxygens (including phenoxy) is 1. The van der Waals surface area contributed by atoms with Gasteiger partial charge in [-0.25, -0.2) is 18.8 Å². The predicted octanol–water partition coefficient (Wildman–Crippen LogP) is 0.743. The maximum Gasteiger partial charge on any atom is 0.310 e. The molecule has 0 radical (unpaired) electrons. The van der Waals surface area contributed by atoms with Gasteiger partial charge in [-0.05, 0) is 23.6 Å². The number of terminal acetylenes is 1. The Kier molecular flexibility index (Phi) is 7.34. The van der Waals surface area contributed by atoms with Gasteiger partial charge in [-0.2, -0.15) is 4.31 Å². The van der Waals surface area contributed by atoms with Crippen molar-refractivity contribution in [2.24, 2.45) is 0 Å². The molecular weight excluding hydrogens is 556 g/mol. The number of piperazine rings is 1. The largest absolute Gasteiger partial charge is 0.436 e. The van der Waals surface area contributed by atoms with Gasteiger partial charge < -0.3 is 19.0 Å². The van der Waals surface area contributed by atoms with E-state index >= 15 is 0 Å². The van der Waals surface area contributed by atoms with Gasteiger partial charge in [0.1, 0.15) is 9.97 Å². The van der Waals surface area contributed by atoms with E-state index in [1.807, 2.05) is 0 Å². The van der Waals surface area contributed by atoms with Crippen molar-refractivity contribution < 1.29 is 27.2 Å². The van der Waals surface area contributed by atoms with Crippen molar-refractivity contribution in [2.75, 3.05) is 45.9 Å². The summed E-state index contributed by atoms with van der Waals surface area (Å²) in [5, 5.41) is 0.785. The number of amides is 2. The highest BCUT2D eigenvalue weighted by Crippen LogP contribution is 2.33. The molecule has 14 heteroatoms. The fourth-order valence-electron chi connectivity index (χ4n) is 5.14.